The molecule has 5 heteroatoms. The van der Waals surface area contributed by atoms with E-state index < -0.39 is 0 Å². The molecule has 0 fully saturated rings. The predicted octanol–water partition coefficient (Wildman–Crippen LogP) is 4.54. The van der Waals surface area contributed by atoms with Gasteiger partial charge in [0.25, 0.3) is 0 Å². The first kappa shape index (κ1) is 10.2. The zero-order valence-electron chi connectivity index (χ0n) is 7.96. The van der Waals surface area contributed by atoms with Crippen LogP contribution in [0.1, 0.15) is 10.4 Å². The molecule has 0 saturated heterocycles. The van der Waals surface area contributed by atoms with E-state index in [9.17, 15) is 0 Å². The van der Waals surface area contributed by atoms with Crippen molar-refractivity contribution in [2.24, 2.45) is 5.11 Å². The lowest BCUT2D eigenvalue weighted by Gasteiger charge is -1.97. The average molecular weight is 235 g/mol. The van der Waals surface area contributed by atoms with Crippen molar-refractivity contribution in [3.8, 4) is 0 Å². The summed E-state index contributed by atoms with van der Waals surface area (Å²) in [5.41, 5.74) is 10.5. The first-order valence-corrected chi connectivity index (χ1v) is 6.35. The fourth-order valence-electron chi connectivity index (χ4n) is 1.35. The van der Waals surface area contributed by atoms with Gasteiger partial charge in [-0.2, -0.15) is 11.3 Å². The van der Waals surface area contributed by atoms with Crippen LogP contribution in [0, 0.1) is 0 Å². The number of thiophene rings is 2. The van der Waals surface area contributed by atoms with E-state index in [0.717, 1.165) is 18.5 Å². The summed E-state index contributed by atoms with van der Waals surface area (Å²) in [6, 6.07) is 4.00. The highest BCUT2D eigenvalue weighted by atomic mass is 32.1. The third-order valence-corrected chi connectivity index (χ3v) is 3.80. The molecule has 0 aliphatic heterocycles. The molecule has 0 saturated carbocycles. The van der Waals surface area contributed by atoms with Gasteiger partial charge >= 0.3 is 0 Å². The lowest BCUT2D eigenvalue weighted by molar-refractivity contribution is 0.986. The Labute approximate surface area is 95.6 Å². The normalized spacial score (nSPS) is 9.87. The molecule has 2 heterocycles. The molecule has 0 unspecified atom stereocenters. The molecule has 0 bridgehead atoms. The van der Waals surface area contributed by atoms with Gasteiger partial charge in [-0.25, -0.2) is 0 Å². The maximum absolute atomic E-state index is 8.38. The summed E-state index contributed by atoms with van der Waals surface area (Å²) in [6.07, 6.45) is 1.96. The molecule has 2 rings (SSSR count). The smallest absolute Gasteiger partial charge is 0.0514 e. The highest BCUT2D eigenvalue weighted by Gasteiger charge is 2.02. The van der Waals surface area contributed by atoms with E-state index in [2.05, 4.69) is 26.9 Å². The minimum Gasteiger partial charge on any atom is -0.152 e. The van der Waals surface area contributed by atoms with Crippen LogP contribution in [-0.4, -0.2) is 0 Å². The van der Waals surface area contributed by atoms with Crippen LogP contribution in [0.25, 0.3) is 10.4 Å². The number of nitrogens with zero attached hydrogens (tertiary/aromatic N) is 3. The summed E-state index contributed by atoms with van der Waals surface area (Å²) >= 11 is 3.36. The van der Waals surface area contributed by atoms with Crippen molar-refractivity contribution in [3.63, 3.8) is 0 Å². The van der Waals surface area contributed by atoms with Crippen LogP contribution in [0.15, 0.2) is 33.4 Å². The second-order valence-electron chi connectivity index (χ2n) is 3.05. The van der Waals surface area contributed by atoms with Gasteiger partial charge in [-0.3, -0.25) is 0 Å². The van der Waals surface area contributed by atoms with Gasteiger partial charge in [0.2, 0.25) is 0 Å². The number of hydrogen-bond acceptors (Lipinski definition) is 3. The minimum atomic E-state index is 0.776. The van der Waals surface area contributed by atoms with Crippen molar-refractivity contribution in [2.45, 2.75) is 12.8 Å². The molecule has 3 nitrogen and oxygen atoms in total. The van der Waals surface area contributed by atoms with Crippen LogP contribution < -0.4 is 0 Å². The summed E-state index contributed by atoms with van der Waals surface area (Å²) < 4.78 is 0. The zero-order chi connectivity index (χ0) is 10.5. The number of rotatable bonds is 4. The Bertz CT molecular complexity index is 467. The van der Waals surface area contributed by atoms with Crippen LogP contribution in [-0.2, 0) is 12.8 Å². The van der Waals surface area contributed by atoms with Crippen LogP contribution in [0.3, 0.4) is 0 Å². The molecule has 2 aromatic heterocycles. The Balaban J connectivity index is 2.04. The van der Waals surface area contributed by atoms with Gasteiger partial charge in [-0.1, -0.05) is 5.11 Å². The summed E-state index contributed by atoms with van der Waals surface area (Å²) in [6.45, 7) is 0. The molecule has 0 amide bonds. The van der Waals surface area contributed by atoms with E-state index in [1.165, 1.54) is 10.4 Å². The summed E-state index contributed by atoms with van der Waals surface area (Å²) in [5.74, 6) is 0. The summed E-state index contributed by atoms with van der Waals surface area (Å²) in [7, 11) is 0. The highest BCUT2D eigenvalue weighted by Crippen LogP contribution is 2.27. The molecule has 15 heavy (non-hydrogen) atoms. The Morgan fingerprint density at radius 2 is 2.20 bits per heavy atom. The molecule has 0 aliphatic carbocycles. The molecule has 0 aromatic carbocycles. The quantitative estimate of drug-likeness (QED) is 0.424. The molecule has 76 valence electrons. The Hall–Kier alpha value is -1.29. The van der Waals surface area contributed by atoms with E-state index in [4.69, 9.17) is 5.53 Å². The molecule has 2 aromatic rings. The standard InChI is InChI=1S/C10H9N3S2/c11-13-12-9-4-6-15-10(9)2-1-8-3-5-14-7-8/h3-7H,1-2H2. The SMILES string of the molecule is [N-]=[N+]=Nc1ccsc1CCc1ccsc1. The Morgan fingerprint density at radius 3 is 2.93 bits per heavy atom. The van der Waals surface area contributed by atoms with Crippen molar-refractivity contribution >= 4 is 28.4 Å². The first-order chi connectivity index (χ1) is 7.40. The number of azide groups is 1. The van der Waals surface area contributed by atoms with E-state index >= 15 is 0 Å². The number of hydrogen-bond donors (Lipinski definition) is 0. The van der Waals surface area contributed by atoms with Crippen molar-refractivity contribution in [1.29, 1.82) is 0 Å². The van der Waals surface area contributed by atoms with Gasteiger partial charge in [0.15, 0.2) is 0 Å². The van der Waals surface area contributed by atoms with Gasteiger partial charge < -0.3 is 0 Å². The maximum Gasteiger partial charge on any atom is 0.0514 e. The lowest BCUT2D eigenvalue weighted by Crippen LogP contribution is -1.85. The van der Waals surface area contributed by atoms with Crippen LogP contribution in [0.4, 0.5) is 5.69 Å². The van der Waals surface area contributed by atoms with Gasteiger partial charge in [0.1, 0.15) is 0 Å². The van der Waals surface area contributed by atoms with Crippen LogP contribution in [0.5, 0.6) is 0 Å². The maximum atomic E-state index is 8.38. The fourth-order valence-corrected chi connectivity index (χ4v) is 2.86. The van der Waals surface area contributed by atoms with Gasteiger partial charge in [-0.05, 0) is 52.2 Å². The molecular weight excluding hydrogens is 226 g/mol. The molecular formula is C10H9N3S2. The molecule has 0 N–H and O–H groups in total. The van der Waals surface area contributed by atoms with Crippen molar-refractivity contribution in [3.05, 3.63) is 49.2 Å². The minimum absolute atomic E-state index is 0.776. The second-order valence-corrected chi connectivity index (χ2v) is 4.83. The van der Waals surface area contributed by atoms with Crippen molar-refractivity contribution in [2.75, 3.05) is 0 Å². The van der Waals surface area contributed by atoms with Gasteiger partial charge in [-0.15, -0.1) is 11.3 Å². The van der Waals surface area contributed by atoms with Gasteiger partial charge in [0, 0.05) is 9.79 Å². The topological polar surface area (TPSA) is 48.8 Å². The molecule has 0 radical (unpaired) electrons. The predicted molar refractivity (Wildman–Crippen MR) is 64.9 cm³/mol. The summed E-state index contributed by atoms with van der Waals surface area (Å²) in [4.78, 5) is 3.98. The van der Waals surface area contributed by atoms with E-state index in [1.807, 2.05) is 11.4 Å². The lowest BCUT2D eigenvalue weighted by atomic mass is 10.1. The third-order valence-electron chi connectivity index (χ3n) is 2.10. The Kier molecular flexibility index (Phi) is 3.40. The Morgan fingerprint density at radius 1 is 1.27 bits per heavy atom. The van der Waals surface area contributed by atoms with Crippen LogP contribution >= 0.6 is 22.7 Å². The van der Waals surface area contributed by atoms with Crippen molar-refractivity contribution < 1.29 is 0 Å². The average Bonchev–Trinajstić information content (AvgIpc) is 2.85. The molecule has 0 atom stereocenters. The van der Waals surface area contributed by atoms with E-state index in [-0.39, 0.29) is 0 Å². The van der Waals surface area contributed by atoms with E-state index in [1.54, 1.807) is 22.7 Å². The molecule has 0 aliphatic rings. The summed E-state index contributed by atoms with van der Waals surface area (Å²) in [5, 5.41) is 9.86. The zero-order valence-corrected chi connectivity index (χ0v) is 9.59. The monoisotopic (exact) mass is 235 g/mol. The molecule has 0 spiro atoms. The first-order valence-electron chi connectivity index (χ1n) is 4.52. The largest absolute Gasteiger partial charge is 0.152 e. The highest BCUT2D eigenvalue weighted by molar-refractivity contribution is 7.10. The fraction of sp³-hybridized carbons (Fsp3) is 0.200. The third kappa shape index (κ3) is 2.59. The second kappa shape index (κ2) is 4.98. The van der Waals surface area contributed by atoms with Crippen molar-refractivity contribution in [1.82, 2.24) is 0 Å². The van der Waals surface area contributed by atoms with Crippen LogP contribution in [0.2, 0.25) is 0 Å². The van der Waals surface area contributed by atoms with Gasteiger partial charge in [0.05, 0.1) is 5.69 Å². The van der Waals surface area contributed by atoms with E-state index in [0.29, 0.717) is 0 Å². The number of aryl methyl sites for hydroxylation is 2.